The SMILES string of the molecule is CNC1CC(C)(C)Cc2c1cnn2-c1cc(C)nc(C)n1. The van der Waals surface area contributed by atoms with E-state index in [1.54, 1.807) is 0 Å². The molecule has 0 saturated carbocycles. The molecule has 0 saturated heterocycles. The lowest BCUT2D eigenvalue weighted by molar-refractivity contribution is 0.260. The Morgan fingerprint density at radius 1 is 1.29 bits per heavy atom. The van der Waals surface area contributed by atoms with Gasteiger partial charge in [0.05, 0.1) is 11.9 Å². The van der Waals surface area contributed by atoms with Crippen LogP contribution in [0.3, 0.4) is 0 Å². The molecule has 5 nitrogen and oxygen atoms in total. The van der Waals surface area contributed by atoms with E-state index in [0.717, 1.165) is 30.2 Å². The van der Waals surface area contributed by atoms with E-state index >= 15 is 0 Å². The molecule has 1 unspecified atom stereocenters. The number of hydrogen-bond donors (Lipinski definition) is 1. The third-order valence-electron chi connectivity index (χ3n) is 4.20. The van der Waals surface area contributed by atoms with Gasteiger partial charge >= 0.3 is 0 Å². The predicted octanol–water partition coefficient (Wildman–Crippen LogP) is 2.51. The summed E-state index contributed by atoms with van der Waals surface area (Å²) in [5, 5.41) is 8.02. The Kier molecular flexibility index (Phi) is 3.32. The van der Waals surface area contributed by atoms with Gasteiger partial charge in [-0.3, -0.25) is 0 Å². The minimum atomic E-state index is 0.260. The lowest BCUT2D eigenvalue weighted by Gasteiger charge is -2.35. The van der Waals surface area contributed by atoms with Crippen LogP contribution in [0.4, 0.5) is 0 Å². The molecule has 3 rings (SSSR count). The molecular formula is C16H23N5. The monoisotopic (exact) mass is 285 g/mol. The number of aryl methyl sites for hydroxylation is 2. The molecule has 112 valence electrons. The first-order valence-corrected chi connectivity index (χ1v) is 7.46. The van der Waals surface area contributed by atoms with Crippen LogP contribution in [-0.2, 0) is 6.42 Å². The van der Waals surface area contributed by atoms with Crippen molar-refractivity contribution in [3.8, 4) is 5.82 Å². The summed E-state index contributed by atoms with van der Waals surface area (Å²) < 4.78 is 1.99. The van der Waals surface area contributed by atoms with E-state index in [9.17, 15) is 0 Å². The lowest BCUT2D eigenvalue weighted by Crippen LogP contribution is -2.32. The number of nitrogens with one attached hydrogen (secondary N) is 1. The maximum Gasteiger partial charge on any atom is 0.157 e. The summed E-state index contributed by atoms with van der Waals surface area (Å²) in [5.74, 6) is 1.66. The van der Waals surface area contributed by atoms with E-state index in [1.165, 1.54) is 11.3 Å². The summed E-state index contributed by atoms with van der Waals surface area (Å²) >= 11 is 0. The maximum atomic E-state index is 4.60. The Morgan fingerprint density at radius 3 is 2.71 bits per heavy atom. The van der Waals surface area contributed by atoms with Crippen LogP contribution in [0, 0.1) is 19.3 Å². The molecular weight excluding hydrogens is 262 g/mol. The molecule has 0 aliphatic heterocycles. The molecule has 2 aromatic rings. The zero-order valence-electron chi connectivity index (χ0n) is 13.4. The Labute approximate surface area is 125 Å². The molecule has 1 aliphatic carbocycles. The summed E-state index contributed by atoms with van der Waals surface area (Å²) in [7, 11) is 2.02. The van der Waals surface area contributed by atoms with Gasteiger partial charge in [0.25, 0.3) is 0 Å². The number of rotatable bonds is 2. The van der Waals surface area contributed by atoms with Gasteiger partial charge in [-0.1, -0.05) is 13.8 Å². The van der Waals surface area contributed by atoms with Crippen molar-refractivity contribution in [1.82, 2.24) is 25.1 Å². The molecule has 21 heavy (non-hydrogen) atoms. The van der Waals surface area contributed by atoms with Crippen molar-refractivity contribution in [2.75, 3.05) is 7.05 Å². The van der Waals surface area contributed by atoms with Gasteiger partial charge in [-0.15, -0.1) is 0 Å². The van der Waals surface area contributed by atoms with Gasteiger partial charge in [-0.2, -0.15) is 5.10 Å². The van der Waals surface area contributed by atoms with Crippen LogP contribution in [0.5, 0.6) is 0 Å². The predicted molar refractivity (Wildman–Crippen MR) is 82.5 cm³/mol. The van der Waals surface area contributed by atoms with Crippen LogP contribution in [0.1, 0.15) is 49.1 Å². The lowest BCUT2D eigenvalue weighted by atomic mass is 9.74. The Morgan fingerprint density at radius 2 is 2.05 bits per heavy atom. The molecule has 1 aliphatic rings. The molecule has 0 aromatic carbocycles. The highest BCUT2D eigenvalue weighted by Crippen LogP contribution is 2.40. The molecule has 2 aromatic heterocycles. The zero-order chi connectivity index (χ0) is 15.2. The standard InChI is InChI=1S/C16H23N5/c1-10-6-15(20-11(2)19-10)21-14-8-16(3,4)7-13(17-5)12(14)9-18-21/h6,9,13,17H,7-8H2,1-5H3. The first kappa shape index (κ1) is 14.2. The van der Waals surface area contributed by atoms with Crippen molar-refractivity contribution in [3.05, 3.63) is 35.0 Å². The molecule has 5 heteroatoms. The number of hydrogen-bond acceptors (Lipinski definition) is 4. The fraction of sp³-hybridized carbons (Fsp3) is 0.562. The van der Waals surface area contributed by atoms with Crippen LogP contribution in [0.15, 0.2) is 12.3 Å². The Hall–Kier alpha value is -1.75. The van der Waals surface area contributed by atoms with Crippen LogP contribution in [0.25, 0.3) is 5.82 Å². The summed E-state index contributed by atoms with van der Waals surface area (Å²) in [6, 6.07) is 2.36. The van der Waals surface area contributed by atoms with Gasteiger partial charge < -0.3 is 5.32 Å². The van der Waals surface area contributed by atoms with Gasteiger partial charge in [0.2, 0.25) is 0 Å². The molecule has 2 heterocycles. The zero-order valence-corrected chi connectivity index (χ0v) is 13.4. The summed E-state index contributed by atoms with van der Waals surface area (Å²) in [5.41, 5.74) is 3.80. The van der Waals surface area contributed by atoms with Crippen molar-refractivity contribution < 1.29 is 0 Å². The fourth-order valence-electron chi connectivity index (χ4n) is 3.30. The molecule has 0 spiro atoms. The molecule has 0 amide bonds. The summed E-state index contributed by atoms with van der Waals surface area (Å²) in [6.07, 6.45) is 4.13. The minimum absolute atomic E-state index is 0.260. The first-order valence-electron chi connectivity index (χ1n) is 7.46. The number of fused-ring (bicyclic) bond motifs is 1. The van der Waals surface area contributed by atoms with Gasteiger partial charge in [-0.05, 0) is 39.2 Å². The smallest absolute Gasteiger partial charge is 0.157 e. The largest absolute Gasteiger partial charge is 0.313 e. The van der Waals surface area contributed by atoms with Crippen LogP contribution in [0.2, 0.25) is 0 Å². The van der Waals surface area contributed by atoms with E-state index in [1.807, 2.05) is 37.8 Å². The van der Waals surface area contributed by atoms with E-state index in [-0.39, 0.29) is 5.41 Å². The van der Waals surface area contributed by atoms with Crippen LogP contribution >= 0.6 is 0 Å². The molecule has 0 bridgehead atoms. The third-order valence-corrected chi connectivity index (χ3v) is 4.20. The van der Waals surface area contributed by atoms with Crippen molar-refractivity contribution in [3.63, 3.8) is 0 Å². The first-order chi connectivity index (χ1) is 9.89. The van der Waals surface area contributed by atoms with Crippen LogP contribution in [-0.4, -0.2) is 26.8 Å². The van der Waals surface area contributed by atoms with Crippen LogP contribution < -0.4 is 5.32 Å². The van der Waals surface area contributed by atoms with E-state index < -0.39 is 0 Å². The van der Waals surface area contributed by atoms with Gasteiger partial charge in [0.15, 0.2) is 5.82 Å². The second kappa shape index (κ2) is 4.91. The quantitative estimate of drug-likeness (QED) is 0.921. The molecule has 1 N–H and O–H groups in total. The highest BCUT2D eigenvalue weighted by molar-refractivity contribution is 5.34. The van der Waals surface area contributed by atoms with Gasteiger partial charge in [0.1, 0.15) is 5.82 Å². The second-order valence-corrected chi connectivity index (χ2v) is 6.76. The third kappa shape index (κ3) is 2.58. The number of aromatic nitrogens is 4. The average Bonchev–Trinajstić information content (AvgIpc) is 2.78. The van der Waals surface area contributed by atoms with Crippen molar-refractivity contribution in [2.24, 2.45) is 5.41 Å². The topological polar surface area (TPSA) is 55.6 Å². The normalized spacial score (nSPS) is 20.3. The van der Waals surface area contributed by atoms with Crippen molar-refractivity contribution >= 4 is 0 Å². The fourth-order valence-corrected chi connectivity index (χ4v) is 3.30. The van der Waals surface area contributed by atoms with E-state index in [0.29, 0.717) is 6.04 Å². The molecule has 1 atom stereocenters. The highest BCUT2D eigenvalue weighted by Gasteiger charge is 2.34. The van der Waals surface area contributed by atoms with Gasteiger partial charge in [0, 0.05) is 23.4 Å². The number of nitrogens with zero attached hydrogens (tertiary/aromatic N) is 4. The van der Waals surface area contributed by atoms with Crippen molar-refractivity contribution in [1.29, 1.82) is 0 Å². The Bertz CT molecular complexity index is 651. The highest BCUT2D eigenvalue weighted by atomic mass is 15.3. The summed E-state index contributed by atoms with van der Waals surface area (Å²) in [6.45, 7) is 8.55. The van der Waals surface area contributed by atoms with Crippen molar-refractivity contribution in [2.45, 2.75) is 46.6 Å². The average molecular weight is 285 g/mol. The van der Waals surface area contributed by atoms with Gasteiger partial charge in [-0.25, -0.2) is 14.6 Å². The maximum absolute atomic E-state index is 4.60. The second-order valence-electron chi connectivity index (χ2n) is 6.76. The summed E-state index contributed by atoms with van der Waals surface area (Å²) in [4.78, 5) is 8.90. The van der Waals surface area contributed by atoms with E-state index in [4.69, 9.17) is 0 Å². The Balaban J connectivity index is 2.12. The van der Waals surface area contributed by atoms with E-state index in [2.05, 4.69) is 34.2 Å². The molecule has 0 fully saturated rings. The minimum Gasteiger partial charge on any atom is -0.313 e. The molecule has 0 radical (unpaired) electrons.